The summed E-state index contributed by atoms with van der Waals surface area (Å²) >= 11 is 0. The van der Waals surface area contributed by atoms with Crippen molar-refractivity contribution in [1.82, 2.24) is 29.9 Å². The van der Waals surface area contributed by atoms with Gasteiger partial charge in [-0.2, -0.15) is 29.9 Å². The molecule has 4 aromatic carbocycles. The number of nitrogen functional groups attached to an aromatic ring is 3. The maximum atomic E-state index is 13.1. The Hall–Kier alpha value is -4.94. The van der Waals surface area contributed by atoms with Gasteiger partial charge in [0.25, 0.3) is 0 Å². The van der Waals surface area contributed by atoms with Gasteiger partial charge in [-0.05, 0) is 48.5 Å². The molecule has 0 amide bonds. The molecule has 57 heavy (non-hydrogen) atoms. The molecule has 23 heteroatoms. The summed E-state index contributed by atoms with van der Waals surface area (Å²) in [5, 5.41) is 11.7. The average Bonchev–Trinajstić information content (AvgIpc) is 3.14. The quantitative estimate of drug-likeness (QED) is 0.0283. The first kappa shape index (κ1) is 44.8. The number of nitrogens with one attached hydrogen (secondary N) is 4. The number of nitrogens with two attached hydrogens (primary N) is 3. The Morgan fingerprint density at radius 2 is 0.982 bits per heavy atom. The molecular formula is C34H31N13Na2O6S2. The molecule has 0 unspecified atom stereocenters. The zero-order chi connectivity index (χ0) is 39.5. The molecule has 0 atom stereocenters. The van der Waals surface area contributed by atoms with E-state index in [0.29, 0.717) is 11.4 Å². The van der Waals surface area contributed by atoms with Crippen LogP contribution in [-0.2, 0) is 20.2 Å². The van der Waals surface area contributed by atoms with Crippen LogP contribution in [0.5, 0.6) is 0 Å². The molecule has 0 bridgehead atoms. The second kappa shape index (κ2) is 18.5. The van der Waals surface area contributed by atoms with Crippen LogP contribution in [0.25, 0.3) is 11.1 Å². The number of rotatable bonds is 12. The Labute approximate surface area is 371 Å². The summed E-state index contributed by atoms with van der Waals surface area (Å²) in [5.74, 6) is -1.07. The van der Waals surface area contributed by atoms with E-state index in [2.05, 4.69) is 51.2 Å². The van der Waals surface area contributed by atoms with Crippen LogP contribution in [0.4, 0.5) is 52.2 Å². The molecule has 0 saturated heterocycles. The number of hydrogen-bond acceptors (Lipinski definition) is 19. The number of anilines is 9. The normalized spacial score (nSPS) is 11.6. The predicted octanol–water partition coefficient (Wildman–Crippen LogP) is -2.80. The maximum Gasteiger partial charge on any atom is 1.00 e. The molecule has 10 N–H and O–H groups in total. The third kappa shape index (κ3) is 10.5. The molecule has 0 aliphatic carbocycles. The van der Waals surface area contributed by atoms with Crippen molar-refractivity contribution in [2.75, 3.05) is 52.6 Å². The van der Waals surface area contributed by atoms with Gasteiger partial charge in [0.1, 0.15) is 20.2 Å². The number of hydrogen-bond donors (Lipinski definition) is 7. The van der Waals surface area contributed by atoms with E-state index >= 15 is 0 Å². The molecule has 2 aromatic heterocycles. The van der Waals surface area contributed by atoms with Crippen LogP contribution in [-0.4, -0.2) is 69.9 Å². The van der Waals surface area contributed by atoms with Crippen LogP contribution in [0.2, 0.25) is 0 Å². The zero-order valence-corrected chi connectivity index (χ0v) is 36.5. The zero-order valence-electron chi connectivity index (χ0n) is 30.8. The van der Waals surface area contributed by atoms with Crippen LogP contribution in [0.15, 0.2) is 101 Å². The molecule has 19 nitrogen and oxygen atoms in total. The predicted molar refractivity (Wildman–Crippen MR) is 205 cm³/mol. The minimum absolute atomic E-state index is 0. The fourth-order valence-corrected chi connectivity index (χ4v) is 6.87. The monoisotopic (exact) mass is 827 g/mol. The van der Waals surface area contributed by atoms with Gasteiger partial charge in [-0.15, -0.1) is 0 Å². The van der Waals surface area contributed by atoms with Gasteiger partial charge in [0.2, 0.25) is 23.8 Å². The van der Waals surface area contributed by atoms with E-state index in [1.807, 2.05) is 0 Å². The topological polar surface area (TPSA) is 318 Å². The number of para-hydroxylation sites is 2. The van der Waals surface area contributed by atoms with E-state index in [-0.39, 0.29) is 117 Å². The van der Waals surface area contributed by atoms with Crippen molar-refractivity contribution in [3.8, 4) is 0 Å². The first-order valence-corrected chi connectivity index (χ1v) is 18.7. The van der Waals surface area contributed by atoms with Gasteiger partial charge in [0.15, 0.2) is 11.6 Å². The smallest absolute Gasteiger partial charge is 0.744 e. The fraction of sp³-hybridized carbons (Fsp3) is 0.0588. The van der Waals surface area contributed by atoms with Crippen LogP contribution in [0.3, 0.4) is 0 Å². The molecule has 0 fully saturated rings. The van der Waals surface area contributed by atoms with Crippen LogP contribution >= 0.6 is 0 Å². The van der Waals surface area contributed by atoms with Gasteiger partial charge in [0.05, 0.1) is 9.79 Å². The van der Waals surface area contributed by atoms with E-state index in [9.17, 15) is 25.9 Å². The van der Waals surface area contributed by atoms with Crippen LogP contribution in [0, 0.1) is 0 Å². The van der Waals surface area contributed by atoms with E-state index in [1.165, 1.54) is 32.3 Å². The maximum absolute atomic E-state index is 13.1. The van der Waals surface area contributed by atoms with E-state index in [1.54, 1.807) is 60.7 Å². The Kier molecular flexibility index (Phi) is 14.6. The van der Waals surface area contributed by atoms with Gasteiger partial charge in [0, 0.05) is 64.8 Å². The molecular weight excluding hydrogens is 797 g/mol. The summed E-state index contributed by atoms with van der Waals surface area (Å²) in [6.45, 7) is 0. The SMILES string of the molecule is CNc1nc(Nc2ccccc2)nc(C(=C(c2nc(NC)nc(Nc3ccccc3)n2)c2c(N)cc(N)cc2S(=O)(=O)[O-])c2ccc(N)cc2S(=O)(=O)[O-])n1.[Na+].[Na+]. The summed E-state index contributed by atoms with van der Waals surface area (Å²) in [6.07, 6.45) is 0. The largest absolute Gasteiger partial charge is 1.00 e. The fourth-order valence-electron chi connectivity index (χ4n) is 5.40. The molecule has 6 rings (SSSR count). The summed E-state index contributed by atoms with van der Waals surface area (Å²) in [5.41, 5.74) is 17.2. The first-order valence-electron chi connectivity index (χ1n) is 15.9. The molecule has 0 spiro atoms. The van der Waals surface area contributed by atoms with Crippen molar-refractivity contribution in [2.24, 2.45) is 0 Å². The minimum atomic E-state index is -5.44. The number of benzene rings is 4. The van der Waals surface area contributed by atoms with Gasteiger partial charge in [-0.3, -0.25) is 0 Å². The molecule has 0 aliphatic heterocycles. The second-order valence-corrected chi connectivity index (χ2v) is 14.2. The molecule has 0 saturated carbocycles. The molecule has 0 aliphatic rings. The minimum Gasteiger partial charge on any atom is -0.744 e. The third-order valence-corrected chi connectivity index (χ3v) is 9.43. The molecule has 2 heterocycles. The van der Waals surface area contributed by atoms with Crippen molar-refractivity contribution in [1.29, 1.82) is 0 Å². The Balaban J connectivity index is 0.00000360. The average molecular weight is 828 g/mol. The summed E-state index contributed by atoms with van der Waals surface area (Å²) < 4.78 is 78.2. The van der Waals surface area contributed by atoms with Crippen molar-refractivity contribution in [3.05, 3.63) is 114 Å². The standard InChI is InChI=1S/C34H33N13O6S2.2Na/c1-38-31-42-29(44-33(46-31)40-20-9-5-3-6-10-20)26(22-14-13-18(35)16-24(22)54(48,49)50)28(27-23(37)15-19(36)17-25(27)55(51,52)53)30-43-32(39-2)47-34(45-30)41-21-11-7-4-8-12-21;;/h3-17H,35-37H2,1-2H3,(H,48,49,50)(H,51,52,53)(H2,38,40,42,44,46)(H2,39,41,43,45,47);;/q;2*+1/p-2. The second-order valence-electron chi connectivity index (χ2n) is 11.5. The Bertz CT molecular complexity index is 2680. The Morgan fingerprint density at radius 1 is 0.544 bits per heavy atom. The summed E-state index contributed by atoms with van der Waals surface area (Å²) in [6, 6.07) is 22.9. The van der Waals surface area contributed by atoms with Crippen molar-refractivity contribution in [3.63, 3.8) is 0 Å². The third-order valence-electron chi connectivity index (χ3n) is 7.69. The first-order chi connectivity index (χ1) is 26.1. The van der Waals surface area contributed by atoms with E-state index in [4.69, 9.17) is 17.2 Å². The van der Waals surface area contributed by atoms with Crippen molar-refractivity contribution >= 4 is 83.6 Å². The van der Waals surface area contributed by atoms with E-state index < -0.39 is 46.7 Å². The van der Waals surface area contributed by atoms with Gasteiger partial charge < -0.3 is 47.6 Å². The van der Waals surface area contributed by atoms with Crippen molar-refractivity contribution < 1.29 is 85.1 Å². The molecule has 6 aromatic rings. The van der Waals surface area contributed by atoms with Crippen molar-refractivity contribution in [2.45, 2.75) is 9.79 Å². The van der Waals surface area contributed by atoms with Gasteiger partial charge in [-0.1, -0.05) is 42.5 Å². The summed E-state index contributed by atoms with van der Waals surface area (Å²) in [7, 11) is -7.81. The number of nitrogens with zero attached hydrogens (tertiary/aromatic N) is 6. The van der Waals surface area contributed by atoms with Crippen LogP contribution < -0.4 is 97.6 Å². The van der Waals surface area contributed by atoms with E-state index in [0.717, 1.165) is 12.1 Å². The Morgan fingerprint density at radius 3 is 1.44 bits per heavy atom. The van der Waals surface area contributed by atoms with Crippen LogP contribution in [0.1, 0.15) is 22.8 Å². The molecule has 282 valence electrons. The van der Waals surface area contributed by atoms with Gasteiger partial charge in [-0.25, -0.2) is 16.8 Å². The number of aromatic nitrogens is 6. The van der Waals surface area contributed by atoms with Gasteiger partial charge >= 0.3 is 59.1 Å². The summed E-state index contributed by atoms with van der Waals surface area (Å²) in [4.78, 5) is 25.1. The molecule has 0 radical (unpaired) electrons.